The van der Waals surface area contributed by atoms with Gasteiger partial charge in [0.2, 0.25) is 0 Å². The van der Waals surface area contributed by atoms with Crippen molar-refractivity contribution in [2.75, 3.05) is 0 Å². The van der Waals surface area contributed by atoms with Crippen molar-refractivity contribution < 1.29 is 0 Å². The molecule has 0 saturated carbocycles. The highest BCUT2D eigenvalue weighted by Gasteiger charge is 2.36. The molecule has 238 valence electrons. The van der Waals surface area contributed by atoms with Crippen LogP contribution in [0.25, 0.3) is 99.1 Å². The fraction of sp³-hybridized carbons (Fsp3) is 0.0588. The highest BCUT2D eigenvalue weighted by atomic mass is 14.4. The minimum Gasteiger partial charge on any atom is -0.0616 e. The SMILES string of the molecule is CC1(C)c2cc(-c3ccc4ccccc4c3)ccc2-c2ccc(-c3ccc4ccc(-c5ccc6c7c(cccc57)-c5ccccc5-6)cc4c3)cc21. The molecule has 0 bridgehead atoms. The first-order valence-electron chi connectivity index (χ1n) is 18.0. The summed E-state index contributed by atoms with van der Waals surface area (Å²) in [7, 11) is 0. The highest BCUT2D eigenvalue weighted by Crippen LogP contribution is 2.52. The van der Waals surface area contributed by atoms with Gasteiger partial charge in [-0.2, -0.15) is 0 Å². The van der Waals surface area contributed by atoms with Crippen molar-refractivity contribution in [2.24, 2.45) is 0 Å². The quantitative estimate of drug-likeness (QED) is 0.179. The van der Waals surface area contributed by atoms with Crippen molar-refractivity contribution in [2.45, 2.75) is 19.3 Å². The lowest BCUT2D eigenvalue weighted by molar-refractivity contribution is 0.661. The number of benzene rings is 9. The zero-order chi connectivity index (χ0) is 33.8. The fourth-order valence-electron chi connectivity index (χ4n) is 9.12. The molecular formula is C51H34. The monoisotopic (exact) mass is 646 g/mol. The van der Waals surface area contributed by atoms with Gasteiger partial charge in [-0.25, -0.2) is 0 Å². The lowest BCUT2D eigenvalue weighted by atomic mass is 9.80. The molecule has 0 spiro atoms. The highest BCUT2D eigenvalue weighted by molar-refractivity contribution is 6.18. The Morgan fingerprint density at radius 3 is 1.43 bits per heavy atom. The van der Waals surface area contributed by atoms with Gasteiger partial charge < -0.3 is 0 Å². The molecule has 9 aromatic rings. The normalized spacial score (nSPS) is 13.5. The van der Waals surface area contributed by atoms with Crippen LogP contribution in [0.5, 0.6) is 0 Å². The van der Waals surface area contributed by atoms with Crippen LogP contribution in [0.4, 0.5) is 0 Å². The molecule has 0 amide bonds. The van der Waals surface area contributed by atoms with Crippen molar-refractivity contribution in [3.63, 3.8) is 0 Å². The zero-order valence-electron chi connectivity index (χ0n) is 28.7. The van der Waals surface area contributed by atoms with E-state index in [4.69, 9.17) is 0 Å². The molecule has 2 aliphatic carbocycles. The van der Waals surface area contributed by atoms with E-state index in [1.165, 1.54) is 110 Å². The average Bonchev–Trinajstić information content (AvgIpc) is 3.63. The van der Waals surface area contributed by atoms with Crippen molar-refractivity contribution in [3.05, 3.63) is 181 Å². The lowest BCUT2D eigenvalue weighted by Gasteiger charge is -2.23. The molecule has 0 aromatic heterocycles. The minimum absolute atomic E-state index is 0.104. The van der Waals surface area contributed by atoms with Crippen LogP contribution in [0.1, 0.15) is 25.0 Å². The third-order valence-electron chi connectivity index (χ3n) is 11.8. The van der Waals surface area contributed by atoms with E-state index in [1.807, 2.05) is 0 Å². The molecule has 0 nitrogen and oxygen atoms in total. The predicted octanol–water partition coefficient (Wildman–Crippen LogP) is 14.1. The molecular weight excluding hydrogens is 613 g/mol. The third-order valence-corrected chi connectivity index (χ3v) is 11.8. The fourth-order valence-corrected chi connectivity index (χ4v) is 9.12. The van der Waals surface area contributed by atoms with E-state index in [-0.39, 0.29) is 5.41 Å². The van der Waals surface area contributed by atoms with E-state index in [2.05, 4.69) is 184 Å². The van der Waals surface area contributed by atoms with Crippen LogP contribution >= 0.6 is 0 Å². The molecule has 2 aliphatic rings. The molecule has 0 heteroatoms. The summed E-state index contributed by atoms with van der Waals surface area (Å²) in [6, 6.07) is 63.7. The maximum atomic E-state index is 2.44. The second-order valence-corrected chi connectivity index (χ2v) is 14.9. The van der Waals surface area contributed by atoms with Crippen LogP contribution < -0.4 is 0 Å². The maximum absolute atomic E-state index is 2.44. The van der Waals surface area contributed by atoms with Crippen LogP contribution in [0, 0.1) is 0 Å². The van der Waals surface area contributed by atoms with Gasteiger partial charge in [-0.15, -0.1) is 0 Å². The van der Waals surface area contributed by atoms with E-state index < -0.39 is 0 Å². The molecule has 0 saturated heterocycles. The Morgan fingerprint density at radius 2 is 0.745 bits per heavy atom. The Bertz CT molecular complexity index is 2910. The maximum Gasteiger partial charge on any atom is 0.0159 e. The van der Waals surface area contributed by atoms with Crippen molar-refractivity contribution >= 4 is 32.3 Å². The van der Waals surface area contributed by atoms with Gasteiger partial charge in [-0.05, 0) is 141 Å². The lowest BCUT2D eigenvalue weighted by Crippen LogP contribution is -2.15. The van der Waals surface area contributed by atoms with Gasteiger partial charge in [0.15, 0.2) is 0 Å². The molecule has 0 N–H and O–H groups in total. The molecule has 0 heterocycles. The summed E-state index contributed by atoms with van der Waals surface area (Å²) in [5, 5.41) is 7.77. The molecule has 0 fully saturated rings. The summed E-state index contributed by atoms with van der Waals surface area (Å²) in [5.74, 6) is 0. The van der Waals surface area contributed by atoms with Crippen LogP contribution in [0.2, 0.25) is 0 Å². The van der Waals surface area contributed by atoms with E-state index in [9.17, 15) is 0 Å². The number of rotatable bonds is 3. The Hall–Kier alpha value is -6.24. The Morgan fingerprint density at radius 1 is 0.294 bits per heavy atom. The van der Waals surface area contributed by atoms with Gasteiger partial charge in [0.05, 0.1) is 0 Å². The molecule has 11 rings (SSSR count). The standard InChI is InChI=1S/C51H34/c1-51(2)48-29-36(34-17-14-31-8-3-4-9-33(31)26-34)20-22-43(48)44-23-21-37(30-49(44)51)35-18-15-32-16-19-38(28-39(32)27-35)40-24-25-47-42-11-6-5-10-41(42)46-13-7-12-45(40)50(46)47/h3-30H,1-2H3. The largest absolute Gasteiger partial charge is 0.0616 e. The van der Waals surface area contributed by atoms with Crippen molar-refractivity contribution in [1.29, 1.82) is 0 Å². The molecule has 0 radical (unpaired) electrons. The Labute approximate surface area is 298 Å². The Balaban J connectivity index is 0.971. The summed E-state index contributed by atoms with van der Waals surface area (Å²) < 4.78 is 0. The van der Waals surface area contributed by atoms with Gasteiger partial charge in [0.1, 0.15) is 0 Å². The van der Waals surface area contributed by atoms with Crippen LogP contribution in [-0.2, 0) is 5.41 Å². The first-order chi connectivity index (χ1) is 25.0. The molecule has 0 unspecified atom stereocenters. The van der Waals surface area contributed by atoms with E-state index in [0.717, 1.165) is 0 Å². The van der Waals surface area contributed by atoms with E-state index in [1.54, 1.807) is 0 Å². The first-order valence-corrected chi connectivity index (χ1v) is 18.0. The van der Waals surface area contributed by atoms with Gasteiger partial charge in [-0.3, -0.25) is 0 Å². The summed E-state index contributed by atoms with van der Waals surface area (Å²) in [4.78, 5) is 0. The minimum atomic E-state index is -0.104. The van der Waals surface area contributed by atoms with E-state index >= 15 is 0 Å². The van der Waals surface area contributed by atoms with Crippen LogP contribution in [0.3, 0.4) is 0 Å². The molecule has 9 aromatic carbocycles. The van der Waals surface area contributed by atoms with Crippen molar-refractivity contribution in [1.82, 2.24) is 0 Å². The zero-order valence-corrected chi connectivity index (χ0v) is 28.7. The van der Waals surface area contributed by atoms with Crippen LogP contribution in [0.15, 0.2) is 170 Å². The van der Waals surface area contributed by atoms with E-state index in [0.29, 0.717) is 0 Å². The summed E-state index contributed by atoms with van der Waals surface area (Å²) in [6.45, 7) is 4.77. The van der Waals surface area contributed by atoms with Gasteiger partial charge >= 0.3 is 0 Å². The topological polar surface area (TPSA) is 0 Å². The van der Waals surface area contributed by atoms with Crippen molar-refractivity contribution in [3.8, 4) is 66.8 Å². The second-order valence-electron chi connectivity index (χ2n) is 14.9. The molecule has 0 aliphatic heterocycles. The van der Waals surface area contributed by atoms with Gasteiger partial charge in [0.25, 0.3) is 0 Å². The number of hydrogen-bond donors (Lipinski definition) is 0. The second kappa shape index (κ2) is 10.4. The number of fused-ring (bicyclic) bond motifs is 8. The predicted molar refractivity (Wildman–Crippen MR) is 217 cm³/mol. The first kappa shape index (κ1) is 28.6. The van der Waals surface area contributed by atoms with Crippen LogP contribution in [-0.4, -0.2) is 0 Å². The van der Waals surface area contributed by atoms with Gasteiger partial charge in [0, 0.05) is 5.41 Å². The smallest absolute Gasteiger partial charge is 0.0159 e. The average molecular weight is 647 g/mol. The molecule has 51 heavy (non-hydrogen) atoms. The summed E-state index contributed by atoms with van der Waals surface area (Å²) in [5.41, 5.74) is 18.3. The number of hydrogen-bond acceptors (Lipinski definition) is 0. The van der Waals surface area contributed by atoms with Gasteiger partial charge in [-0.1, -0.05) is 153 Å². The summed E-state index contributed by atoms with van der Waals surface area (Å²) >= 11 is 0. The molecule has 0 atom stereocenters. The third kappa shape index (κ3) is 4.14. The summed E-state index contributed by atoms with van der Waals surface area (Å²) in [6.07, 6.45) is 0. The Kier molecular flexibility index (Phi) is 5.82.